The van der Waals surface area contributed by atoms with Gasteiger partial charge in [-0.25, -0.2) is 0 Å². The maximum atomic E-state index is 11.6. The highest BCUT2D eigenvalue weighted by Crippen LogP contribution is 2.24. The normalized spacial score (nSPS) is 12.1. The SMILES string of the molecule is CCCNC(=O)C(C)Sc1ccc(O)cc1. The molecule has 1 unspecified atom stereocenters. The summed E-state index contributed by atoms with van der Waals surface area (Å²) in [5.41, 5.74) is 0. The molecule has 1 amide bonds. The second-order valence-electron chi connectivity index (χ2n) is 3.55. The van der Waals surface area contributed by atoms with Crippen molar-refractivity contribution in [2.45, 2.75) is 30.4 Å². The highest BCUT2D eigenvalue weighted by Gasteiger charge is 2.13. The summed E-state index contributed by atoms with van der Waals surface area (Å²) in [5.74, 6) is 0.298. The molecular formula is C12H17NO2S. The molecule has 88 valence electrons. The van der Waals surface area contributed by atoms with E-state index in [9.17, 15) is 4.79 Å². The Hall–Kier alpha value is -1.16. The number of carbonyl (C=O) groups excluding carboxylic acids is 1. The van der Waals surface area contributed by atoms with Gasteiger partial charge in [-0.1, -0.05) is 6.92 Å². The molecule has 0 radical (unpaired) electrons. The van der Waals surface area contributed by atoms with Gasteiger partial charge in [0.15, 0.2) is 0 Å². The van der Waals surface area contributed by atoms with Crippen LogP contribution < -0.4 is 5.32 Å². The van der Waals surface area contributed by atoms with E-state index in [-0.39, 0.29) is 16.9 Å². The number of amides is 1. The summed E-state index contributed by atoms with van der Waals surface area (Å²) in [5, 5.41) is 11.9. The third-order valence-corrected chi connectivity index (χ3v) is 3.18. The van der Waals surface area contributed by atoms with E-state index in [1.807, 2.05) is 26.0 Å². The predicted molar refractivity (Wildman–Crippen MR) is 66.7 cm³/mol. The fraction of sp³-hybridized carbons (Fsp3) is 0.417. The van der Waals surface area contributed by atoms with Crippen molar-refractivity contribution in [2.75, 3.05) is 6.54 Å². The largest absolute Gasteiger partial charge is 0.508 e. The molecule has 1 aromatic rings. The number of rotatable bonds is 5. The van der Waals surface area contributed by atoms with Crippen LogP contribution in [0.5, 0.6) is 5.75 Å². The van der Waals surface area contributed by atoms with Gasteiger partial charge in [-0.15, -0.1) is 11.8 Å². The first-order valence-electron chi connectivity index (χ1n) is 5.37. The molecule has 2 N–H and O–H groups in total. The van der Waals surface area contributed by atoms with E-state index in [1.54, 1.807) is 12.1 Å². The van der Waals surface area contributed by atoms with Gasteiger partial charge in [-0.05, 0) is 37.6 Å². The Labute approximate surface area is 100 Å². The van der Waals surface area contributed by atoms with Crippen LogP contribution in [0.1, 0.15) is 20.3 Å². The van der Waals surface area contributed by atoms with E-state index in [0.717, 1.165) is 17.9 Å². The van der Waals surface area contributed by atoms with Gasteiger partial charge in [0, 0.05) is 11.4 Å². The number of carbonyl (C=O) groups is 1. The summed E-state index contributed by atoms with van der Waals surface area (Å²) in [6, 6.07) is 6.87. The molecule has 0 aliphatic rings. The lowest BCUT2D eigenvalue weighted by atomic mass is 10.3. The minimum atomic E-state index is -0.115. The zero-order chi connectivity index (χ0) is 12.0. The standard InChI is InChI=1S/C12H17NO2S/c1-3-8-13-12(15)9(2)16-11-6-4-10(14)5-7-11/h4-7,9,14H,3,8H2,1-2H3,(H,13,15). The minimum Gasteiger partial charge on any atom is -0.508 e. The topological polar surface area (TPSA) is 49.3 Å². The first kappa shape index (κ1) is 12.9. The number of benzene rings is 1. The van der Waals surface area contributed by atoms with Crippen molar-refractivity contribution in [2.24, 2.45) is 0 Å². The highest BCUT2D eigenvalue weighted by molar-refractivity contribution is 8.00. The molecule has 0 saturated carbocycles. The molecule has 4 heteroatoms. The van der Waals surface area contributed by atoms with Crippen LogP contribution in [0.3, 0.4) is 0 Å². The van der Waals surface area contributed by atoms with Crippen molar-refractivity contribution >= 4 is 17.7 Å². The first-order valence-corrected chi connectivity index (χ1v) is 6.25. The summed E-state index contributed by atoms with van der Waals surface area (Å²) in [7, 11) is 0. The van der Waals surface area contributed by atoms with Crippen LogP contribution in [0.2, 0.25) is 0 Å². The van der Waals surface area contributed by atoms with E-state index in [2.05, 4.69) is 5.32 Å². The van der Waals surface area contributed by atoms with E-state index < -0.39 is 0 Å². The maximum absolute atomic E-state index is 11.6. The monoisotopic (exact) mass is 239 g/mol. The molecule has 3 nitrogen and oxygen atoms in total. The van der Waals surface area contributed by atoms with Crippen LogP contribution in [0, 0.1) is 0 Å². The number of phenolic OH excluding ortho intramolecular Hbond substituents is 1. The molecule has 0 aromatic heterocycles. The van der Waals surface area contributed by atoms with Crippen LogP contribution in [-0.4, -0.2) is 22.8 Å². The Kier molecular flexibility index (Phi) is 5.19. The summed E-state index contributed by atoms with van der Waals surface area (Å²) in [4.78, 5) is 12.6. The van der Waals surface area contributed by atoms with Gasteiger partial charge < -0.3 is 10.4 Å². The van der Waals surface area contributed by atoms with Crippen LogP contribution in [0.25, 0.3) is 0 Å². The quantitative estimate of drug-likeness (QED) is 0.776. The van der Waals surface area contributed by atoms with Gasteiger partial charge >= 0.3 is 0 Å². The van der Waals surface area contributed by atoms with E-state index in [1.165, 1.54) is 11.8 Å². The summed E-state index contributed by atoms with van der Waals surface area (Å²) < 4.78 is 0. The molecule has 0 spiro atoms. The molecule has 1 rings (SSSR count). The predicted octanol–water partition coefficient (Wildman–Crippen LogP) is 2.40. The van der Waals surface area contributed by atoms with Crippen molar-refractivity contribution in [3.05, 3.63) is 24.3 Å². The molecule has 1 atom stereocenters. The summed E-state index contributed by atoms with van der Waals surface area (Å²) in [6.07, 6.45) is 0.947. The van der Waals surface area contributed by atoms with Crippen LogP contribution >= 0.6 is 11.8 Å². The second kappa shape index (κ2) is 6.43. The smallest absolute Gasteiger partial charge is 0.233 e. The molecular weight excluding hydrogens is 222 g/mol. The highest BCUT2D eigenvalue weighted by atomic mass is 32.2. The Morgan fingerprint density at radius 3 is 2.62 bits per heavy atom. The molecule has 0 heterocycles. The minimum absolute atomic E-state index is 0.0555. The molecule has 0 aliphatic heterocycles. The number of hydrogen-bond acceptors (Lipinski definition) is 3. The lowest BCUT2D eigenvalue weighted by Crippen LogP contribution is -2.31. The van der Waals surface area contributed by atoms with Crippen molar-refractivity contribution in [1.82, 2.24) is 5.32 Å². The zero-order valence-electron chi connectivity index (χ0n) is 9.56. The van der Waals surface area contributed by atoms with Crippen LogP contribution in [0.15, 0.2) is 29.2 Å². The molecule has 0 fully saturated rings. The van der Waals surface area contributed by atoms with E-state index in [0.29, 0.717) is 0 Å². The lowest BCUT2D eigenvalue weighted by Gasteiger charge is -2.11. The van der Waals surface area contributed by atoms with Gasteiger partial charge in [0.05, 0.1) is 5.25 Å². The summed E-state index contributed by atoms with van der Waals surface area (Å²) >= 11 is 1.49. The Morgan fingerprint density at radius 2 is 2.06 bits per heavy atom. The molecule has 16 heavy (non-hydrogen) atoms. The van der Waals surface area contributed by atoms with Gasteiger partial charge in [0.2, 0.25) is 5.91 Å². The third kappa shape index (κ3) is 4.14. The number of hydrogen-bond donors (Lipinski definition) is 2. The van der Waals surface area contributed by atoms with Crippen LogP contribution in [0.4, 0.5) is 0 Å². The summed E-state index contributed by atoms with van der Waals surface area (Å²) in [6.45, 7) is 4.62. The zero-order valence-corrected chi connectivity index (χ0v) is 10.4. The Bertz CT molecular complexity index is 337. The third-order valence-electron chi connectivity index (χ3n) is 2.07. The number of thioether (sulfide) groups is 1. The fourth-order valence-corrected chi connectivity index (χ4v) is 2.07. The average molecular weight is 239 g/mol. The van der Waals surface area contributed by atoms with E-state index >= 15 is 0 Å². The van der Waals surface area contributed by atoms with Gasteiger partial charge in [0.25, 0.3) is 0 Å². The van der Waals surface area contributed by atoms with Crippen molar-refractivity contribution in [3.8, 4) is 5.75 Å². The lowest BCUT2D eigenvalue weighted by molar-refractivity contribution is -0.120. The maximum Gasteiger partial charge on any atom is 0.233 e. The average Bonchev–Trinajstić information content (AvgIpc) is 2.29. The van der Waals surface area contributed by atoms with Crippen molar-refractivity contribution in [3.63, 3.8) is 0 Å². The van der Waals surface area contributed by atoms with Crippen molar-refractivity contribution in [1.29, 1.82) is 0 Å². The Morgan fingerprint density at radius 1 is 1.44 bits per heavy atom. The number of nitrogens with one attached hydrogen (secondary N) is 1. The van der Waals surface area contributed by atoms with Crippen molar-refractivity contribution < 1.29 is 9.90 Å². The number of aromatic hydroxyl groups is 1. The molecule has 0 bridgehead atoms. The molecule has 0 saturated heterocycles. The van der Waals surface area contributed by atoms with Gasteiger partial charge in [-0.2, -0.15) is 0 Å². The number of phenols is 1. The second-order valence-corrected chi connectivity index (χ2v) is 4.96. The van der Waals surface area contributed by atoms with Gasteiger partial charge in [-0.3, -0.25) is 4.79 Å². The van der Waals surface area contributed by atoms with E-state index in [4.69, 9.17) is 5.11 Å². The van der Waals surface area contributed by atoms with Crippen LogP contribution in [-0.2, 0) is 4.79 Å². The van der Waals surface area contributed by atoms with Gasteiger partial charge in [0.1, 0.15) is 5.75 Å². The molecule has 0 aliphatic carbocycles. The molecule has 1 aromatic carbocycles. The Balaban J connectivity index is 2.47. The fourth-order valence-electron chi connectivity index (χ4n) is 1.17. The first-order chi connectivity index (χ1) is 7.63.